The number of ether oxygens (including phenoxy) is 2. The zero-order chi connectivity index (χ0) is 29.1. The number of carbonyl (C=O) groups is 3. The molecule has 5 rings (SSSR count). The Balaban J connectivity index is 1.61. The van der Waals surface area contributed by atoms with Crippen LogP contribution in [0.2, 0.25) is 0 Å². The van der Waals surface area contributed by atoms with Crippen LogP contribution in [0.3, 0.4) is 0 Å². The average Bonchev–Trinajstić information content (AvgIpc) is 2.96. The maximum absolute atomic E-state index is 13.9. The van der Waals surface area contributed by atoms with Gasteiger partial charge in [-0.25, -0.2) is 4.98 Å². The Kier molecular flexibility index (Phi) is 8.01. The van der Waals surface area contributed by atoms with Crippen LogP contribution in [0.5, 0.6) is 5.75 Å². The first-order valence-electron chi connectivity index (χ1n) is 13.6. The second-order valence-corrected chi connectivity index (χ2v) is 10.4. The molecule has 1 amide bonds. The van der Waals surface area contributed by atoms with Gasteiger partial charge in [-0.2, -0.15) is 0 Å². The van der Waals surface area contributed by atoms with Gasteiger partial charge in [0.05, 0.1) is 7.11 Å². The van der Waals surface area contributed by atoms with Crippen LogP contribution >= 0.6 is 0 Å². The van der Waals surface area contributed by atoms with E-state index in [1.54, 1.807) is 19.4 Å². The van der Waals surface area contributed by atoms with Crippen molar-refractivity contribution in [3.8, 4) is 5.75 Å². The van der Waals surface area contributed by atoms with Gasteiger partial charge in [0.25, 0.3) is 5.91 Å². The molecule has 2 aromatic carbocycles. The van der Waals surface area contributed by atoms with E-state index in [2.05, 4.69) is 15.6 Å². The Labute approximate surface area is 239 Å². The van der Waals surface area contributed by atoms with Crippen LogP contribution in [0.4, 0.5) is 5.82 Å². The molecule has 2 N–H and O–H groups in total. The number of benzene rings is 2. The summed E-state index contributed by atoms with van der Waals surface area (Å²) in [4.78, 5) is 43.8. The Morgan fingerprint density at radius 3 is 2.51 bits per heavy atom. The van der Waals surface area contributed by atoms with E-state index in [-0.39, 0.29) is 24.2 Å². The van der Waals surface area contributed by atoms with Gasteiger partial charge in [0.2, 0.25) is 0 Å². The summed E-state index contributed by atoms with van der Waals surface area (Å²) in [6.45, 7) is 5.08. The zero-order valence-electron chi connectivity index (χ0n) is 23.6. The summed E-state index contributed by atoms with van der Waals surface area (Å²) in [7, 11) is 1.55. The fraction of sp³-hybridized carbons (Fsp3) is 0.273. The molecule has 0 saturated carbocycles. The van der Waals surface area contributed by atoms with E-state index in [9.17, 15) is 14.4 Å². The summed E-state index contributed by atoms with van der Waals surface area (Å²) in [5.41, 5.74) is 5.80. The molecule has 0 bridgehead atoms. The second kappa shape index (κ2) is 11.8. The van der Waals surface area contributed by atoms with Gasteiger partial charge >= 0.3 is 5.97 Å². The normalized spacial score (nSPS) is 18.4. The fourth-order valence-electron chi connectivity index (χ4n) is 5.70. The molecule has 2 heterocycles. The number of hydrogen-bond donors (Lipinski definition) is 2. The van der Waals surface area contributed by atoms with Gasteiger partial charge in [-0.3, -0.25) is 14.4 Å². The number of anilines is 1. The maximum Gasteiger partial charge on any atom is 0.302 e. The third-order valence-corrected chi connectivity index (χ3v) is 7.65. The summed E-state index contributed by atoms with van der Waals surface area (Å²) in [6, 6.07) is 19.2. The number of esters is 1. The number of Topliss-reactive ketones (excluding diaryl/α,β-unsaturated/α-hetero) is 1. The number of dihydropyridines is 1. The van der Waals surface area contributed by atoms with Crippen LogP contribution in [0.25, 0.3) is 0 Å². The number of aromatic nitrogens is 1. The minimum Gasteiger partial charge on any atom is -0.496 e. The second-order valence-electron chi connectivity index (χ2n) is 10.4. The molecule has 2 atom stereocenters. The Morgan fingerprint density at radius 1 is 1.02 bits per heavy atom. The van der Waals surface area contributed by atoms with E-state index in [1.807, 2.05) is 68.4 Å². The predicted octanol–water partition coefficient (Wildman–Crippen LogP) is 5.46. The van der Waals surface area contributed by atoms with Crippen molar-refractivity contribution < 1.29 is 23.9 Å². The fourth-order valence-corrected chi connectivity index (χ4v) is 5.70. The Hall–Kier alpha value is -4.72. The third kappa shape index (κ3) is 5.77. The standard InChI is InChI=1S/C33H33N3O5/c1-19-9-8-14-34-32(19)36-33(39)29-20(2)35-26-16-24(22-10-6-5-7-11-22)17-27(38)31(26)30(29)23-12-13-28(40-4)25(15-23)18-41-21(3)37/h5-15,24,30,35H,16-18H2,1-4H3,(H,34,36,39)/t24-,30+/m0/s1. The molecule has 41 heavy (non-hydrogen) atoms. The molecular weight excluding hydrogens is 518 g/mol. The van der Waals surface area contributed by atoms with E-state index in [0.717, 1.165) is 22.4 Å². The summed E-state index contributed by atoms with van der Waals surface area (Å²) in [6.07, 6.45) is 2.61. The number of rotatable bonds is 7. The molecule has 0 spiro atoms. The summed E-state index contributed by atoms with van der Waals surface area (Å²) in [5.74, 6) is -0.369. The van der Waals surface area contributed by atoms with Gasteiger partial charge in [-0.15, -0.1) is 0 Å². The van der Waals surface area contributed by atoms with Crippen molar-refractivity contribution in [1.82, 2.24) is 10.3 Å². The highest BCUT2D eigenvalue weighted by atomic mass is 16.5. The molecule has 0 unspecified atom stereocenters. The minimum absolute atomic E-state index is 0.00457. The third-order valence-electron chi connectivity index (χ3n) is 7.65. The van der Waals surface area contributed by atoms with Crippen LogP contribution in [0.15, 0.2) is 89.4 Å². The molecule has 0 saturated heterocycles. The van der Waals surface area contributed by atoms with Crippen molar-refractivity contribution in [2.24, 2.45) is 0 Å². The van der Waals surface area contributed by atoms with Crippen molar-refractivity contribution in [1.29, 1.82) is 0 Å². The number of carbonyl (C=O) groups excluding carboxylic acids is 3. The number of methoxy groups -OCH3 is 1. The van der Waals surface area contributed by atoms with Crippen LogP contribution in [-0.2, 0) is 25.7 Å². The summed E-state index contributed by atoms with van der Waals surface area (Å²) >= 11 is 0. The van der Waals surface area contributed by atoms with Crippen LogP contribution in [-0.4, -0.2) is 29.8 Å². The first-order valence-corrected chi connectivity index (χ1v) is 13.6. The van der Waals surface area contributed by atoms with Crippen LogP contribution in [0, 0.1) is 6.92 Å². The molecule has 8 heteroatoms. The number of nitrogens with one attached hydrogen (secondary N) is 2. The van der Waals surface area contributed by atoms with Crippen molar-refractivity contribution in [3.05, 3.63) is 112 Å². The van der Waals surface area contributed by atoms with Gasteiger partial charge in [-0.05, 0) is 61.1 Å². The Morgan fingerprint density at radius 2 is 1.80 bits per heavy atom. The van der Waals surface area contributed by atoms with Crippen molar-refractivity contribution in [2.75, 3.05) is 12.4 Å². The molecule has 1 aliphatic heterocycles. The molecule has 2 aliphatic rings. The minimum atomic E-state index is -0.638. The van der Waals surface area contributed by atoms with Gasteiger partial charge in [0.1, 0.15) is 18.2 Å². The predicted molar refractivity (Wildman–Crippen MR) is 155 cm³/mol. The summed E-state index contributed by atoms with van der Waals surface area (Å²) in [5, 5.41) is 6.38. The van der Waals surface area contributed by atoms with Crippen LogP contribution in [0.1, 0.15) is 60.8 Å². The number of ketones is 1. The maximum atomic E-state index is 13.9. The lowest BCUT2D eigenvalue weighted by molar-refractivity contribution is -0.142. The lowest BCUT2D eigenvalue weighted by atomic mass is 9.71. The number of nitrogens with zero attached hydrogens (tertiary/aromatic N) is 1. The monoisotopic (exact) mass is 551 g/mol. The van der Waals surface area contributed by atoms with Crippen molar-refractivity contribution in [3.63, 3.8) is 0 Å². The zero-order valence-corrected chi connectivity index (χ0v) is 23.6. The molecule has 1 aliphatic carbocycles. The van der Waals surface area contributed by atoms with Crippen molar-refractivity contribution in [2.45, 2.75) is 52.1 Å². The van der Waals surface area contributed by atoms with E-state index >= 15 is 0 Å². The number of allylic oxidation sites excluding steroid dienone is 3. The van der Waals surface area contributed by atoms with Gasteiger partial charge < -0.3 is 20.1 Å². The lowest BCUT2D eigenvalue weighted by Gasteiger charge is -2.37. The van der Waals surface area contributed by atoms with E-state index in [1.165, 1.54) is 6.92 Å². The first kappa shape index (κ1) is 27.8. The molecule has 210 valence electrons. The van der Waals surface area contributed by atoms with E-state index in [0.29, 0.717) is 46.8 Å². The van der Waals surface area contributed by atoms with Crippen molar-refractivity contribution >= 4 is 23.5 Å². The SMILES string of the molecule is COc1ccc([C@@H]2C(C(=O)Nc3ncccc3C)=C(C)NC3=C2C(=O)C[C@@H](c2ccccc2)C3)cc1COC(C)=O. The highest BCUT2D eigenvalue weighted by molar-refractivity contribution is 6.09. The highest BCUT2D eigenvalue weighted by Gasteiger charge is 2.41. The Bertz CT molecular complexity index is 1570. The average molecular weight is 552 g/mol. The van der Waals surface area contributed by atoms with E-state index in [4.69, 9.17) is 9.47 Å². The molecule has 0 radical (unpaired) electrons. The smallest absolute Gasteiger partial charge is 0.302 e. The lowest BCUT2D eigenvalue weighted by Crippen LogP contribution is -2.37. The first-order chi connectivity index (χ1) is 19.8. The van der Waals surface area contributed by atoms with Gasteiger partial charge in [-0.1, -0.05) is 42.5 Å². The molecule has 0 fully saturated rings. The number of aryl methyl sites for hydroxylation is 1. The molecule has 1 aromatic heterocycles. The number of hydrogen-bond acceptors (Lipinski definition) is 7. The van der Waals surface area contributed by atoms with Crippen LogP contribution < -0.4 is 15.4 Å². The van der Waals surface area contributed by atoms with E-state index < -0.39 is 11.9 Å². The van der Waals surface area contributed by atoms with Gasteiger partial charge in [0.15, 0.2) is 5.78 Å². The summed E-state index contributed by atoms with van der Waals surface area (Å²) < 4.78 is 10.8. The largest absolute Gasteiger partial charge is 0.496 e. The quantitative estimate of drug-likeness (QED) is 0.376. The van der Waals surface area contributed by atoms with Gasteiger partial charge in [0, 0.05) is 53.6 Å². The molecule has 8 nitrogen and oxygen atoms in total. The topological polar surface area (TPSA) is 107 Å². The molecular formula is C33H33N3O5. The highest BCUT2D eigenvalue weighted by Crippen LogP contribution is 2.46. The molecule has 3 aromatic rings. The number of amides is 1. The number of pyridine rings is 1.